The Labute approximate surface area is 117 Å². The van der Waals surface area contributed by atoms with Crippen molar-refractivity contribution in [3.05, 3.63) is 58.0 Å². The zero-order chi connectivity index (χ0) is 15.4. The number of amides is 1. The lowest BCUT2D eigenvalue weighted by molar-refractivity contribution is -0.385. The zero-order valence-electron chi connectivity index (χ0n) is 10.5. The van der Waals surface area contributed by atoms with E-state index in [0.717, 1.165) is 18.3 Å². The van der Waals surface area contributed by atoms with Crippen molar-refractivity contribution in [3.8, 4) is 0 Å². The maximum absolute atomic E-state index is 12.7. The number of nitro benzene ring substituents is 1. The number of nitrogens with two attached hydrogens (primary N) is 1. The molecule has 1 amide bonds. The fraction of sp³-hybridized carbons (Fsp3) is 0. The second kappa shape index (κ2) is 5.92. The molecule has 1 aromatic carbocycles. The first-order chi connectivity index (χ1) is 10.0. The Morgan fingerprint density at radius 1 is 1.33 bits per heavy atom. The number of rotatable bonds is 4. The summed E-state index contributed by atoms with van der Waals surface area (Å²) < 4.78 is 12.7. The smallest absolute Gasteiger partial charge is 0.282 e. The zero-order valence-corrected chi connectivity index (χ0v) is 10.5. The highest BCUT2D eigenvalue weighted by Crippen LogP contribution is 2.23. The SMILES string of the molecule is NNc1ccc([N+](=O)[O-])c(C(=O)Nc2ccc(F)cn2)c1. The van der Waals surface area contributed by atoms with E-state index >= 15 is 0 Å². The fourth-order valence-corrected chi connectivity index (χ4v) is 1.60. The van der Waals surface area contributed by atoms with Crippen LogP contribution in [0.5, 0.6) is 0 Å². The molecule has 0 aliphatic rings. The van der Waals surface area contributed by atoms with Gasteiger partial charge in [0.15, 0.2) is 0 Å². The lowest BCUT2D eigenvalue weighted by Crippen LogP contribution is -2.16. The van der Waals surface area contributed by atoms with Crippen LogP contribution in [0, 0.1) is 15.9 Å². The molecule has 2 rings (SSSR count). The van der Waals surface area contributed by atoms with Crippen molar-refractivity contribution in [2.45, 2.75) is 0 Å². The first kappa shape index (κ1) is 14.3. The number of nitrogens with one attached hydrogen (secondary N) is 2. The van der Waals surface area contributed by atoms with Crippen molar-refractivity contribution in [1.82, 2.24) is 4.98 Å². The van der Waals surface area contributed by atoms with Gasteiger partial charge in [0.2, 0.25) is 0 Å². The van der Waals surface area contributed by atoms with Gasteiger partial charge in [0.25, 0.3) is 11.6 Å². The van der Waals surface area contributed by atoms with Gasteiger partial charge in [-0.25, -0.2) is 9.37 Å². The van der Waals surface area contributed by atoms with Crippen molar-refractivity contribution in [1.29, 1.82) is 0 Å². The van der Waals surface area contributed by atoms with Gasteiger partial charge >= 0.3 is 0 Å². The highest BCUT2D eigenvalue weighted by Gasteiger charge is 2.21. The van der Waals surface area contributed by atoms with Crippen LogP contribution in [0.15, 0.2) is 36.5 Å². The molecular weight excluding hydrogens is 281 g/mol. The van der Waals surface area contributed by atoms with E-state index in [9.17, 15) is 19.3 Å². The molecular formula is C12H10FN5O3. The molecule has 0 atom stereocenters. The molecule has 0 fully saturated rings. The van der Waals surface area contributed by atoms with Crippen molar-refractivity contribution in [2.75, 3.05) is 10.7 Å². The number of hydrazine groups is 1. The van der Waals surface area contributed by atoms with Crippen LogP contribution < -0.4 is 16.6 Å². The molecule has 2 aromatic rings. The normalized spacial score (nSPS) is 10.0. The summed E-state index contributed by atoms with van der Waals surface area (Å²) >= 11 is 0. The maximum atomic E-state index is 12.7. The third-order valence-electron chi connectivity index (χ3n) is 2.57. The molecule has 8 nitrogen and oxygen atoms in total. The average molecular weight is 291 g/mol. The summed E-state index contributed by atoms with van der Waals surface area (Å²) in [6.07, 6.45) is 0.919. The summed E-state index contributed by atoms with van der Waals surface area (Å²) in [7, 11) is 0. The summed E-state index contributed by atoms with van der Waals surface area (Å²) in [6, 6.07) is 6.10. The number of nitro groups is 1. The molecule has 0 radical (unpaired) electrons. The number of carbonyl (C=O) groups excluding carboxylic acids is 1. The highest BCUT2D eigenvalue weighted by molar-refractivity contribution is 6.07. The molecule has 4 N–H and O–H groups in total. The standard InChI is InChI=1S/C12H10FN5O3/c13-7-1-4-11(15-6-7)16-12(19)9-5-8(17-14)2-3-10(9)18(20)21/h1-6,17H,14H2,(H,15,16,19). The Hall–Kier alpha value is -3.07. The van der Waals surface area contributed by atoms with E-state index in [0.29, 0.717) is 5.69 Å². The summed E-state index contributed by atoms with van der Waals surface area (Å²) in [5, 5.41) is 13.3. The Kier molecular flexibility index (Phi) is 4.05. The van der Waals surface area contributed by atoms with E-state index in [1.54, 1.807) is 0 Å². The van der Waals surface area contributed by atoms with E-state index in [2.05, 4.69) is 15.7 Å². The van der Waals surface area contributed by atoms with Crippen LogP contribution in [0.3, 0.4) is 0 Å². The highest BCUT2D eigenvalue weighted by atomic mass is 19.1. The Balaban J connectivity index is 2.33. The average Bonchev–Trinajstić information content (AvgIpc) is 2.48. The predicted molar refractivity (Wildman–Crippen MR) is 73.1 cm³/mol. The summed E-state index contributed by atoms with van der Waals surface area (Å²) in [6.45, 7) is 0. The summed E-state index contributed by atoms with van der Waals surface area (Å²) in [5.41, 5.74) is 2.05. The van der Waals surface area contributed by atoms with Gasteiger partial charge in [-0.3, -0.25) is 20.8 Å². The number of nitrogens with zero attached hydrogens (tertiary/aromatic N) is 2. The number of benzene rings is 1. The fourth-order valence-electron chi connectivity index (χ4n) is 1.60. The quantitative estimate of drug-likeness (QED) is 0.447. The first-order valence-electron chi connectivity index (χ1n) is 5.69. The molecule has 0 saturated carbocycles. The van der Waals surface area contributed by atoms with Gasteiger partial charge in [-0.05, 0) is 24.3 Å². The van der Waals surface area contributed by atoms with Crippen molar-refractivity contribution in [2.24, 2.45) is 5.84 Å². The third-order valence-corrected chi connectivity index (χ3v) is 2.57. The van der Waals surface area contributed by atoms with Crippen molar-refractivity contribution >= 4 is 23.1 Å². The number of hydrogen-bond donors (Lipinski definition) is 3. The summed E-state index contributed by atoms with van der Waals surface area (Å²) in [5.74, 6) is 3.97. The van der Waals surface area contributed by atoms with Gasteiger partial charge in [0.05, 0.1) is 11.1 Å². The van der Waals surface area contributed by atoms with Crippen molar-refractivity contribution < 1.29 is 14.1 Å². The lowest BCUT2D eigenvalue weighted by atomic mass is 10.1. The molecule has 108 valence electrons. The van der Waals surface area contributed by atoms with Crippen LogP contribution in [-0.4, -0.2) is 15.8 Å². The van der Waals surface area contributed by atoms with E-state index in [-0.39, 0.29) is 17.1 Å². The van der Waals surface area contributed by atoms with E-state index in [1.165, 1.54) is 18.2 Å². The molecule has 21 heavy (non-hydrogen) atoms. The third kappa shape index (κ3) is 3.28. The number of carbonyl (C=O) groups is 1. The minimum atomic E-state index is -0.752. The Bertz CT molecular complexity index is 690. The first-order valence-corrected chi connectivity index (χ1v) is 5.69. The van der Waals surface area contributed by atoms with Crippen LogP contribution in [-0.2, 0) is 0 Å². The largest absolute Gasteiger partial charge is 0.324 e. The van der Waals surface area contributed by atoms with Crippen LogP contribution in [0.1, 0.15) is 10.4 Å². The summed E-state index contributed by atoms with van der Waals surface area (Å²) in [4.78, 5) is 26.0. The Morgan fingerprint density at radius 3 is 2.67 bits per heavy atom. The molecule has 0 saturated heterocycles. The number of nitrogen functional groups attached to an aromatic ring is 1. The van der Waals surface area contributed by atoms with Gasteiger partial charge in [-0.15, -0.1) is 0 Å². The molecule has 9 heteroatoms. The monoisotopic (exact) mass is 291 g/mol. The lowest BCUT2D eigenvalue weighted by Gasteiger charge is -2.07. The van der Waals surface area contributed by atoms with Crippen LogP contribution in [0.4, 0.5) is 21.6 Å². The number of aromatic nitrogens is 1. The molecule has 0 aliphatic heterocycles. The van der Waals surface area contributed by atoms with E-state index < -0.39 is 16.6 Å². The predicted octanol–water partition coefficient (Wildman–Crippen LogP) is 1.67. The van der Waals surface area contributed by atoms with Gasteiger partial charge in [-0.1, -0.05) is 0 Å². The van der Waals surface area contributed by atoms with Gasteiger partial charge < -0.3 is 10.7 Å². The molecule has 0 spiro atoms. The number of anilines is 2. The molecule has 0 aliphatic carbocycles. The number of halogens is 1. The second-order valence-corrected chi connectivity index (χ2v) is 3.95. The minimum Gasteiger partial charge on any atom is -0.324 e. The van der Waals surface area contributed by atoms with Gasteiger partial charge in [0, 0.05) is 11.8 Å². The maximum Gasteiger partial charge on any atom is 0.282 e. The molecule has 1 aromatic heterocycles. The second-order valence-electron chi connectivity index (χ2n) is 3.95. The molecule has 0 unspecified atom stereocenters. The minimum absolute atomic E-state index is 0.0711. The Morgan fingerprint density at radius 2 is 2.10 bits per heavy atom. The molecule has 0 bridgehead atoms. The van der Waals surface area contributed by atoms with Crippen LogP contribution in [0.25, 0.3) is 0 Å². The molecule has 1 heterocycles. The topological polar surface area (TPSA) is 123 Å². The van der Waals surface area contributed by atoms with Gasteiger partial charge in [-0.2, -0.15) is 0 Å². The van der Waals surface area contributed by atoms with Crippen molar-refractivity contribution in [3.63, 3.8) is 0 Å². The number of pyridine rings is 1. The van der Waals surface area contributed by atoms with E-state index in [4.69, 9.17) is 5.84 Å². The van der Waals surface area contributed by atoms with Gasteiger partial charge in [0.1, 0.15) is 17.2 Å². The van der Waals surface area contributed by atoms with Crippen LogP contribution in [0.2, 0.25) is 0 Å². The van der Waals surface area contributed by atoms with E-state index in [1.807, 2.05) is 0 Å². The van der Waals surface area contributed by atoms with Crippen LogP contribution >= 0.6 is 0 Å². The number of hydrogen-bond acceptors (Lipinski definition) is 6.